The van der Waals surface area contributed by atoms with Crippen molar-refractivity contribution in [1.82, 2.24) is 4.90 Å². The molecule has 0 unspecified atom stereocenters. The Balaban J connectivity index is 2.29. The molecule has 2 N–H and O–H groups in total. The number of benzene rings is 1. The minimum absolute atomic E-state index is 0.0358. The lowest BCUT2D eigenvalue weighted by molar-refractivity contribution is -0.117. The second-order valence-corrected chi connectivity index (χ2v) is 7.66. The van der Waals surface area contributed by atoms with Crippen LogP contribution in [0.3, 0.4) is 0 Å². The molecule has 0 bridgehead atoms. The van der Waals surface area contributed by atoms with E-state index in [0.717, 1.165) is 24.8 Å². The van der Waals surface area contributed by atoms with Gasteiger partial charge in [0.25, 0.3) is 5.91 Å². The van der Waals surface area contributed by atoms with E-state index >= 15 is 0 Å². The lowest BCUT2D eigenvalue weighted by Gasteiger charge is -2.35. The van der Waals surface area contributed by atoms with Gasteiger partial charge in [-0.2, -0.15) is 0 Å². The molecule has 0 aromatic heterocycles. The van der Waals surface area contributed by atoms with E-state index in [1.807, 2.05) is 6.92 Å². The summed E-state index contributed by atoms with van der Waals surface area (Å²) in [6.45, 7) is 7.68. The summed E-state index contributed by atoms with van der Waals surface area (Å²) in [6.07, 6.45) is 4.30. The molecule has 1 aliphatic rings. The number of nitrogens with one attached hydrogen (secondary N) is 1. The number of piperidine rings is 1. The first kappa shape index (κ1) is 24.4. The van der Waals surface area contributed by atoms with Gasteiger partial charge in [0, 0.05) is 19.0 Å². The third-order valence-electron chi connectivity index (χ3n) is 5.14. The van der Waals surface area contributed by atoms with E-state index in [9.17, 15) is 19.5 Å². The summed E-state index contributed by atoms with van der Waals surface area (Å²) in [6, 6.07) is 3.03. The van der Waals surface area contributed by atoms with Gasteiger partial charge in [0.1, 0.15) is 18.1 Å². The number of ether oxygens (including phenoxy) is 2. The number of amides is 2. The summed E-state index contributed by atoms with van der Waals surface area (Å²) in [7, 11) is 0. The summed E-state index contributed by atoms with van der Waals surface area (Å²) < 4.78 is 10.8. The number of aliphatic hydroxyl groups excluding tert-OH is 1. The van der Waals surface area contributed by atoms with Crippen molar-refractivity contribution in [3.05, 3.63) is 35.9 Å². The topological polar surface area (TPSA) is 105 Å². The van der Waals surface area contributed by atoms with Gasteiger partial charge in [0.2, 0.25) is 0 Å². The van der Waals surface area contributed by atoms with Gasteiger partial charge in [-0.15, -0.1) is 0 Å². The smallest absolute Gasteiger partial charge is 0.411 e. The molecule has 1 heterocycles. The number of nitrogens with zero attached hydrogens (tertiary/aromatic N) is 1. The Labute approximate surface area is 183 Å². The van der Waals surface area contributed by atoms with Gasteiger partial charge in [0.05, 0.1) is 30.5 Å². The Kier molecular flexibility index (Phi) is 9.52. The van der Waals surface area contributed by atoms with Crippen LogP contribution in [-0.4, -0.2) is 60.2 Å². The first-order chi connectivity index (χ1) is 14.9. The van der Waals surface area contributed by atoms with E-state index in [1.165, 1.54) is 13.0 Å². The Hall–Kier alpha value is -2.87. The number of anilines is 1. The summed E-state index contributed by atoms with van der Waals surface area (Å²) in [4.78, 5) is 38.2. The molecule has 1 aliphatic heterocycles. The van der Waals surface area contributed by atoms with E-state index < -0.39 is 6.09 Å². The molecule has 2 amide bonds. The Bertz CT molecular complexity index is 808. The summed E-state index contributed by atoms with van der Waals surface area (Å²) in [5, 5.41) is 12.3. The average Bonchev–Trinajstić information content (AvgIpc) is 2.76. The molecular formula is C23H32N2O6. The quantitative estimate of drug-likeness (QED) is 0.433. The minimum Gasteiger partial charge on any atom is -0.493 e. The Morgan fingerprint density at radius 1 is 1.32 bits per heavy atom. The molecule has 1 aromatic rings. The highest BCUT2D eigenvalue weighted by Gasteiger charge is 2.29. The molecule has 8 nitrogen and oxygen atoms in total. The molecule has 0 saturated carbocycles. The largest absolute Gasteiger partial charge is 0.493 e. The number of Topliss-reactive ketones (excluding diaryl/α,β-unsaturated/α-hetero) is 1. The van der Waals surface area contributed by atoms with Gasteiger partial charge < -0.3 is 24.3 Å². The number of hydrogen-bond acceptors (Lipinski definition) is 6. The fourth-order valence-corrected chi connectivity index (χ4v) is 3.52. The van der Waals surface area contributed by atoms with Crippen LogP contribution in [0.4, 0.5) is 10.5 Å². The highest BCUT2D eigenvalue weighted by molar-refractivity contribution is 6.03. The van der Waals surface area contributed by atoms with Crippen molar-refractivity contribution >= 4 is 23.5 Å². The average molecular weight is 433 g/mol. The summed E-state index contributed by atoms with van der Waals surface area (Å²) in [5.74, 6) is 0.342. The lowest BCUT2D eigenvalue weighted by Crippen LogP contribution is -2.45. The number of ketones is 1. The first-order valence-electron chi connectivity index (χ1n) is 10.6. The van der Waals surface area contributed by atoms with Gasteiger partial charge in [-0.3, -0.25) is 10.1 Å². The van der Waals surface area contributed by atoms with Crippen LogP contribution in [0.15, 0.2) is 24.8 Å². The Morgan fingerprint density at radius 2 is 2.10 bits per heavy atom. The Morgan fingerprint density at radius 3 is 2.77 bits per heavy atom. The third-order valence-corrected chi connectivity index (χ3v) is 5.14. The second-order valence-electron chi connectivity index (χ2n) is 7.66. The number of aryl methyl sites for hydroxylation is 1. The van der Waals surface area contributed by atoms with Crippen LogP contribution in [0.2, 0.25) is 0 Å². The van der Waals surface area contributed by atoms with Crippen LogP contribution in [0.5, 0.6) is 5.75 Å². The summed E-state index contributed by atoms with van der Waals surface area (Å²) >= 11 is 0. The van der Waals surface area contributed by atoms with Gasteiger partial charge >= 0.3 is 6.09 Å². The van der Waals surface area contributed by atoms with Crippen molar-refractivity contribution in [2.24, 2.45) is 0 Å². The standard InChI is InChI=1S/C23H32N2O6/c1-4-11-31-23(29)24-20-14-21(30-12-7-8-17(3)27)16(2)13-19(20)22(28)25-10-6-5-9-18(25)15-26/h4,13-14,18,26H,1,5-12,15H2,2-3H3,(H,24,29)/t18-/m0/s1. The molecule has 31 heavy (non-hydrogen) atoms. The zero-order valence-corrected chi connectivity index (χ0v) is 18.3. The van der Waals surface area contributed by atoms with Crippen LogP contribution in [0, 0.1) is 6.92 Å². The predicted molar refractivity (Wildman–Crippen MR) is 118 cm³/mol. The molecule has 0 aliphatic carbocycles. The van der Waals surface area contributed by atoms with Gasteiger partial charge in [-0.1, -0.05) is 12.7 Å². The fourth-order valence-electron chi connectivity index (χ4n) is 3.52. The zero-order valence-electron chi connectivity index (χ0n) is 18.3. The van der Waals surface area contributed by atoms with Crippen LogP contribution >= 0.6 is 0 Å². The molecule has 0 radical (unpaired) electrons. The van der Waals surface area contributed by atoms with Crippen molar-refractivity contribution in [3.8, 4) is 5.75 Å². The molecular weight excluding hydrogens is 400 g/mol. The monoisotopic (exact) mass is 432 g/mol. The molecule has 170 valence electrons. The van der Waals surface area contributed by atoms with Crippen molar-refractivity contribution in [1.29, 1.82) is 0 Å². The lowest BCUT2D eigenvalue weighted by atomic mass is 10.00. The molecule has 0 spiro atoms. The van der Waals surface area contributed by atoms with Crippen LogP contribution < -0.4 is 10.1 Å². The SMILES string of the molecule is C=CCOC(=O)Nc1cc(OCCCC(C)=O)c(C)cc1C(=O)N1CCCC[C@H]1CO. The van der Waals surface area contributed by atoms with Crippen molar-refractivity contribution in [3.63, 3.8) is 0 Å². The molecule has 2 rings (SSSR count). The molecule has 8 heteroatoms. The van der Waals surface area contributed by atoms with Gasteiger partial charge in [0.15, 0.2) is 0 Å². The van der Waals surface area contributed by atoms with Crippen molar-refractivity contribution in [2.75, 3.05) is 31.7 Å². The number of carbonyl (C=O) groups is 3. The van der Waals surface area contributed by atoms with E-state index in [-0.39, 0.29) is 36.6 Å². The second kappa shape index (κ2) is 12.1. The van der Waals surface area contributed by atoms with Crippen LogP contribution in [0.25, 0.3) is 0 Å². The van der Waals surface area contributed by atoms with Gasteiger partial charge in [-0.05, 0) is 51.2 Å². The predicted octanol–water partition coefficient (Wildman–Crippen LogP) is 3.46. The normalized spacial score (nSPS) is 15.8. The number of rotatable bonds is 10. The third kappa shape index (κ3) is 7.10. The van der Waals surface area contributed by atoms with Crippen LogP contribution in [0.1, 0.15) is 54.9 Å². The minimum atomic E-state index is -0.710. The molecule has 1 aromatic carbocycles. The molecule has 1 fully saturated rings. The van der Waals surface area contributed by atoms with E-state index in [4.69, 9.17) is 9.47 Å². The van der Waals surface area contributed by atoms with Crippen molar-refractivity contribution in [2.45, 2.75) is 52.0 Å². The maximum Gasteiger partial charge on any atom is 0.411 e. The van der Waals surface area contributed by atoms with Crippen LogP contribution in [-0.2, 0) is 9.53 Å². The van der Waals surface area contributed by atoms with Crippen molar-refractivity contribution < 1.29 is 29.0 Å². The van der Waals surface area contributed by atoms with E-state index in [0.29, 0.717) is 37.3 Å². The number of carbonyl (C=O) groups excluding carboxylic acids is 3. The maximum absolute atomic E-state index is 13.3. The van der Waals surface area contributed by atoms with E-state index in [2.05, 4.69) is 11.9 Å². The number of aliphatic hydroxyl groups is 1. The first-order valence-corrected chi connectivity index (χ1v) is 10.6. The number of likely N-dealkylation sites (tertiary alicyclic amines) is 1. The van der Waals surface area contributed by atoms with Gasteiger partial charge in [-0.25, -0.2) is 4.79 Å². The maximum atomic E-state index is 13.3. The fraction of sp³-hybridized carbons (Fsp3) is 0.522. The zero-order chi connectivity index (χ0) is 22.8. The van der Waals surface area contributed by atoms with E-state index in [1.54, 1.807) is 17.0 Å². The highest BCUT2D eigenvalue weighted by Crippen LogP contribution is 2.30. The molecule has 1 atom stereocenters. The molecule has 1 saturated heterocycles. The summed E-state index contributed by atoms with van der Waals surface area (Å²) in [5.41, 5.74) is 1.31. The number of hydrogen-bond donors (Lipinski definition) is 2. The highest BCUT2D eigenvalue weighted by atomic mass is 16.5.